The Hall–Kier alpha value is -3.71. The summed E-state index contributed by atoms with van der Waals surface area (Å²) >= 11 is 0. The van der Waals surface area contributed by atoms with Gasteiger partial charge in [0.15, 0.2) is 9.84 Å². The van der Waals surface area contributed by atoms with Crippen molar-refractivity contribution in [3.63, 3.8) is 0 Å². The molecule has 1 amide bonds. The van der Waals surface area contributed by atoms with Crippen LogP contribution in [0.2, 0.25) is 0 Å². The zero-order valence-electron chi connectivity index (χ0n) is 18.6. The van der Waals surface area contributed by atoms with E-state index in [2.05, 4.69) is 10.3 Å². The van der Waals surface area contributed by atoms with Gasteiger partial charge in [0.05, 0.1) is 10.6 Å². The smallest absolute Gasteiger partial charge is 0.255 e. The molecule has 0 saturated heterocycles. The predicted octanol–water partition coefficient (Wildman–Crippen LogP) is 5.49. The average molecular weight is 461 g/mol. The summed E-state index contributed by atoms with van der Waals surface area (Å²) in [5.41, 5.74) is 4.34. The number of carbonyl (C=O) groups is 1. The van der Waals surface area contributed by atoms with E-state index in [0.29, 0.717) is 28.5 Å². The maximum Gasteiger partial charge on any atom is 0.255 e. The molecule has 4 rings (SSSR count). The first-order valence-corrected chi connectivity index (χ1v) is 12.1. The van der Waals surface area contributed by atoms with E-state index in [1.54, 1.807) is 61.5 Å². The van der Waals surface area contributed by atoms with Crippen molar-refractivity contribution in [1.82, 2.24) is 4.98 Å². The number of benzene rings is 3. The SMILES string of the molecule is Cc1ccc(C)c(NC(=O)c2ccc(-c3nc(CS(=O)(=O)c4ccccc4)c(C)o3)cc2)c1. The van der Waals surface area contributed by atoms with Crippen molar-refractivity contribution in [3.8, 4) is 11.5 Å². The molecule has 0 atom stereocenters. The number of anilines is 1. The number of rotatable bonds is 6. The lowest BCUT2D eigenvalue weighted by molar-refractivity contribution is 0.102. The summed E-state index contributed by atoms with van der Waals surface area (Å²) in [4.78, 5) is 17.3. The van der Waals surface area contributed by atoms with Crippen molar-refractivity contribution in [3.05, 3.63) is 101 Å². The van der Waals surface area contributed by atoms with E-state index in [9.17, 15) is 13.2 Å². The second-order valence-corrected chi connectivity index (χ2v) is 9.93. The highest BCUT2D eigenvalue weighted by molar-refractivity contribution is 7.90. The summed E-state index contributed by atoms with van der Waals surface area (Å²) in [5.74, 6) is 0.296. The van der Waals surface area contributed by atoms with Crippen LogP contribution >= 0.6 is 0 Å². The van der Waals surface area contributed by atoms with Crippen LogP contribution in [0, 0.1) is 20.8 Å². The lowest BCUT2D eigenvalue weighted by Gasteiger charge is -2.09. The molecule has 0 saturated carbocycles. The van der Waals surface area contributed by atoms with Gasteiger partial charge in [0.2, 0.25) is 5.89 Å². The van der Waals surface area contributed by atoms with Gasteiger partial charge in [-0.1, -0.05) is 30.3 Å². The van der Waals surface area contributed by atoms with E-state index in [4.69, 9.17) is 4.42 Å². The molecule has 0 aliphatic heterocycles. The van der Waals surface area contributed by atoms with E-state index < -0.39 is 9.84 Å². The van der Waals surface area contributed by atoms with E-state index in [-0.39, 0.29) is 16.6 Å². The fourth-order valence-electron chi connectivity index (χ4n) is 3.41. The summed E-state index contributed by atoms with van der Waals surface area (Å²) in [7, 11) is -3.53. The highest BCUT2D eigenvalue weighted by Gasteiger charge is 2.21. The molecule has 6 nitrogen and oxygen atoms in total. The van der Waals surface area contributed by atoms with Gasteiger partial charge in [-0.3, -0.25) is 4.79 Å². The summed E-state index contributed by atoms with van der Waals surface area (Å²) < 4.78 is 31.1. The Morgan fingerprint density at radius 3 is 2.33 bits per heavy atom. The first kappa shape index (κ1) is 22.5. The highest BCUT2D eigenvalue weighted by atomic mass is 32.2. The number of hydrogen-bond acceptors (Lipinski definition) is 5. The van der Waals surface area contributed by atoms with Gasteiger partial charge in [-0.2, -0.15) is 0 Å². The van der Waals surface area contributed by atoms with Crippen molar-refractivity contribution in [2.45, 2.75) is 31.4 Å². The van der Waals surface area contributed by atoms with Gasteiger partial charge in [0, 0.05) is 16.8 Å². The maximum atomic E-state index is 12.7. The standard InChI is InChI=1S/C26H24N2O4S/c1-17-9-10-18(2)23(15-17)27-25(29)20-11-13-21(14-12-20)26-28-24(19(3)32-26)16-33(30,31)22-7-5-4-6-8-22/h4-15H,16H2,1-3H3,(H,27,29). The molecule has 33 heavy (non-hydrogen) atoms. The molecule has 0 unspecified atom stereocenters. The Morgan fingerprint density at radius 2 is 1.64 bits per heavy atom. The van der Waals surface area contributed by atoms with Gasteiger partial charge < -0.3 is 9.73 Å². The van der Waals surface area contributed by atoms with Crippen LogP contribution in [0.3, 0.4) is 0 Å². The van der Waals surface area contributed by atoms with Crippen molar-refractivity contribution in [1.29, 1.82) is 0 Å². The molecule has 1 aromatic heterocycles. The third-order valence-corrected chi connectivity index (χ3v) is 7.00. The van der Waals surface area contributed by atoms with Gasteiger partial charge in [-0.15, -0.1) is 0 Å². The maximum absolute atomic E-state index is 12.7. The lowest BCUT2D eigenvalue weighted by Crippen LogP contribution is -2.12. The fraction of sp³-hybridized carbons (Fsp3) is 0.154. The fourth-order valence-corrected chi connectivity index (χ4v) is 4.77. The van der Waals surface area contributed by atoms with Gasteiger partial charge >= 0.3 is 0 Å². The van der Waals surface area contributed by atoms with E-state index in [1.165, 1.54) is 0 Å². The summed E-state index contributed by atoms with van der Waals surface area (Å²) in [5, 5.41) is 2.94. The Balaban J connectivity index is 1.51. The number of hydrogen-bond donors (Lipinski definition) is 1. The molecule has 0 bridgehead atoms. The highest BCUT2D eigenvalue weighted by Crippen LogP contribution is 2.25. The number of aromatic nitrogens is 1. The van der Waals surface area contributed by atoms with Crippen molar-refractivity contribution in [2.24, 2.45) is 0 Å². The van der Waals surface area contributed by atoms with Crippen molar-refractivity contribution >= 4 is 21.4 Å². The number of oxazole rings is 1. The summed E-state index contributed by atoms with van der Waals surface area (Å²) in [6.07, 6.45) is 0. The summed E-state index contributed by atoms with van der Waals surface area (Å²) in [6.45, 7) is 5.61. The van der Waals surface area contributed by atoms with Gasteiger partial charge in [-0.25, -0.2) is 13.4 Å². The minimum atomic E-state index is -3.53. The molecule has 7 heteroatoms. The Kier molecular flexibility index (Phi) is 6.16. The predicted molar refractivity (Wildman–Crippen MR) is 128 cm³/mol. The first-order chi connectivity index (χ1) is 15.7. The number of nitrogens with zero attached hydrogens (tertiary/aromatic N) is 1. The molecule has 3 aromatic carbocycles. The minimum absolute atomic E-state index is 0.214. The van der Waals surface area contributed by atoms with Crippen LogP contribution < -0.4 is 5.32 Å². The molecular formula is C26H24N2O4S. The Bertz CT molecular complexity index is 1410. The molecule has 0 aliphatic rings. The molecule has 1 heterocycles. The number of sulfone groups is 1. The zero-order valence-corrected chi connectivity index (χ0v) is 19.4. The average Bonchev–Trinajstić information content (AvgIpc) is 3.16. The van der Waals surface area contributed by atoms with Crippen LogP contribution in [0.1, 0.15) is 32.9 Å². The van der Waals surface area contributed by atoms with Crippen LogP contribution in [0.15, 0.2) is 82.1 Å². The molecule has 1 N–H and O–H groups in total. The second kappa shape index (κ2) is 9.03. The number of carbonyl (C=O) groups excluding carboxylic acids is 1. The van der Waals surface area contributed by atoms with Crippen LogP contribution in [-0.4, -0.2) is 19.3 Å². The summed E-state index contributed by atoms with van der Waals surface area (Å²) in [6, 6.07) is 21.0. The molecule has 0 fully saturated rings. The van der Waals surface area contributed by atoms with Crippen LogP contribution in [0.25, 0.3) is 11.5 Å². The third kappa shape index (κ3) is 5.04. The molecular weight excluding hydrogens is 436 g/mol. The molecule has 0 aliphatic carbocycles. The first-order valence-electron chi connectivity index (χ1n) is 10.5. The molecule has 0 radical (unpaired) electrons. The number of amides is 1. The van der Waals surface area contributed by atoms with Gasteiger partial charge in [0.25, 0.3) is 5.91 Å². The topological polar surface area (TPSA) is 89.3 Å². The van der Waals surface area contributed by atoms with Crippen LogP contribution in [0.5, 0.6) is 0 Å². The molecule has 4 aromatic rings. The van der Waals surface area contributed by atoms with Crippen molar-refractivity contribution < 1.29 is 17.6 Å². The third-order valence-electron chi connectivity index (χ3n) is 5.36. The van der Waals surface area contributed by atoms with Gasteiger partial charge in [-0.05, 0) is 74.4 Å². The van der Waals surface area contributed by atoms with Crippen LogP contribution in [0.4, 0.5) is 5.69 Å². The van der Waals surface area contributed by atoms with E-state index in [1.807, 2.05) is 32.0 Å². The quantitative estimate of drug-likeness (QED) is 0.411. The van der Waals surface area contributed by atoms with Gasteiger partial charge in [0.1, 0.15) is 11.5 Å². The molecule has 0 spiro atoms. The lowest BCUT2D eigenvalue weighted by atomic mass is 10.1. The van der Waals surface area contributed by atoms with Crippen LogP contribution in [-0.2, 0) is 15.6 Å². The normalized spacial score (nSPS) is 11.4. The van der Waals surface area contributed by atoms with E-state index >= 15 is 0 Å². The monoisotopic (exact) mass is 460 g/mol. The number of nitrogens with one attached hydrogen (secondary N) is 1. The zero-order chi connectivity index (χ0) is 23.6. The Labute approximate surface area is 193 Å². The second-order valence-electron chi connectivity index (χ2n) is 7.94. The molecule has 168 valence electrons. The largest absolute Gasteiger partial charge is 0.441 e. The van der Waals surface area contributed by atoms with Crippen molar-refractivity contribution in [2.75, 3.05) is 5.32 Å². The van der Waals surface area contributed by atoms with E-state index in [0.717, 1.165) is 16.8 Å². The number of aryl methyl sites for hydroxylation is 3. The minimum Gasteiger partial charge on any atom is -0.441 e. The Morgan fingerprint density at radius 1 is 0.939 bits per heavy atom.